The van der Waals surface area contributed by atoms with E-state index in [4.69, 9.17) is 4.74 Å². The molecule has 1 aliphatic rings. The van der Waals surface area contributed by atoms with Crippen LogP contribution in [0.5, 0.6) is 0 Å². The second-order valence-corrected chi connectivity index (χ2v) is 5.46. The molecule has 1 aromatic rings. The molecule has 2 heterocycles. The zero-order valence-electron chi connectivity index (χ0n) is 10.5. The van der Waals surface area contributed by atoms with Gasteiger partial charge >= 0.3 is 0 Å². The van der Waals surface area contributed by atoms with Gasteiger partial charge in [0.15, 0.2) is 5.13 Å². The van der Waals surface area contributed by atoms with Crippen LogP contribution < -0.4 is 4.90 Å². The van der Waals surface area contributed by atoms with E-state index in [2.05, 4.69) is 23.9 Å². The Hall–Kier alpha value is -0.650. The lowest BCUT2D eigenvalue weighted by Crippen LogP contribution is -2.31. The lowest BCUT2D eigenvalue weighted by molar-refractivity contribution is 0.193. The Morgan fingerprint density at radius 3 is 3.00 bits per heavy atom. The molecule has 0 bridgehead atoms. The number of thiazole rings is 1. The summed E-state index contributed by atoms with van der Waals surface area (Å²) in [5, 5.41) is 10.3. The third-order valence-corrected chi connectivity index (χ3v) is 4.33. The first kappa shape index (κ1) is 12.8. The summed E-state index contributed by atoms with van der Waals surface area (Å²) < 4.78 is 5.40. The van der Waals surface area contributed by atoms with Crippen LogP contribution in [0.2, 0.25) is 0 Å². The third-order valence-electron chi connectivity index (χ3n) is 3.15. The van der Waals surface area contributed by atoms with Gasteiger partial charge in [-0.05, 0) is 12.8 Å². The lowest BCUT2D eigenvalue weighted by atomic mass is 10.2. The zero-order valence-corrected chi connectivity index (χ0v) is 11.3. The third kappa shape index (κ3) is 2.78. The van der Waals surface area contributed by atoms with Crippen molar-refractivity contribution in [3.63, 3.8) is 0 Å². The topological polar surface area (TPSA) is 45.6 Å². The molecule has 1 saturated heterocycles. The normalized spacial score (nSPS) is 19.8. The van der Waals surface area contributed by atoms with Gasteiger partial charge < -0.3 is 14.7 Å². The number of aliphatic hydroxyl groups is 1. The Morgan fingerprint density at radius 1 is 1.59 bits per heavy atom. The van der Waals surface area contributed by atoms with Crippen molar-refractivity contribution in [1.29, 1.82) is 0 Å². The Kier molecular flexibility index (Phi) is 4.36. The van der Waals surface area contributed by atoms with Crippen LogP contribution in [0.1, 0.15) is 30.3 Å². The second kappa shape index (κ2) is 5.80. The lowest BCUT2D eigenvalue weighted by Gasteiger charge is -2.21. The van der Waals surface area contributed by atoms with E-state index >= 15 is 0 Å². The maximum atomic E-state index is 9.33. The van der Waals surface area contributed by atoms with Gasteiger partial charge in [-0.2, -0.15) is 0 Å². The molecule has 1 N–H and O–H groups in total. The first-order valence-corrected chi connectivity index (χ1v) is 6.98. The molecule has 1 fully saturated rings. The Labute approximate surface area is 106 Å². The molecule has 1 unspecified atom stereocenters. The molecule has 1 aliphatic heterocycles. The molecule has 0 amide bonds. The van der Waals surface area contributed by atoms with Gasteiger partial charge in [0, 0.05) is 13.7 Å². The molecule has 4 nitrogen and oxygen atoms in total. The van der Waals surface area contributed by atoms with Gasteiger partial charge in [0.2, 0.25) is 0 Å². The second-order valence-electron chi connectivity index (χ2n) is 4.40. The van der Waals surface area contributed by atoms with Crippen LogP contribution in [0, 0.1) is 0 Å². The zero-order chi connectivity index (χ0) is 12.3. The maximum absolute atomic E-state index is 9.33. The van der Waals surface area contributed by atoms with Gasteiger partial charge in [-0.3, -0.25) is 0 Å². The van der Waals surface area contributed by atoms with Crippen LogP contribution in [-0.4, -0.2) is 36.4 Å². The summed E-state index contributed by atoms with van der Waals surface area (Å²) in [6.45, 7) is 3.86. The van der Waals surface area contributed by atoms with E-state index in [9.17, 15) is 5.11 Å². The minimum absolute atomic E-state index is 0.0992. The van der Waals surface area contributed by atoms with Crippen molar-refractivity contribution < 1.29 is 9.84 Å². The van der Waals surface area contributed by atoms with Crippen molar-refractivity contribution in [2.24, 2.45) is 0 Å². The summed E-state index contributed by atoms with van der Waals surface area (Å²) in [7, 11) is 2.06. The quantitative estimate of drug-likeness (QED) is 0.873. The number of aryl methyl sites for hydroxylation is 1. The van der Waals surface area contributed by atoms with Gasteiger partial charge in [0.05, 0.1) is 29.8 Å². The maximum Gasteiger partial charge on any atom is 0.185 e. The molecule has 0 aromatic carbocycles. The number of hydrogen-bond acceptors (Lipinski definition) is 5. The average Bonchev–Trinajstić information content (AvgIpc) is 2.97. The van der Waals surface area contributed by atoms with Crippen molar-refractivity contribution in [2.45, 2.75) is 38.8 Å². The first-order chi connectivity index (χ1) is 8.26. The van der Waals surface area contributed by atoms with Gasteiger partial charge in [0.1, 0.15) is 0 Å². The van der Waals surface area contributed by atoms with E-state index in [-0.39, 0.29) is 6.61 Å². The predicted octanol–water partition coefficient (Wildman–Crippen LogP) is 1.81. The number of likely N-dealkylation sites (N-methyl/N-ethyl adjacent to an activating group) is 1. The minimum Gasteiger partial charge on any atom is -0.391 e. The average molecular weight is 256 g/mol. The molecule has 2 rings (SSSR count). The SMILES string of the molecule is CCCc1nc(N(C)C2CCOC2)sc1CO. The highest BCUT2D eigenvalue weighted by Crippen LogP contribution is 2.29. The van der Waals surface area contributed by atoms with Crippen molar-refractivity contribution in [3.8, 4) is 0 Å². The molecule has 0 saturated carbocycles. The van der Waals surface area contributed by atoms with Crippen LogP contribution in [-0.2, 0) is 17.8 Å². The molecule has 5 heteroatoms. The monoisotopic (exact) mass is 256 g/mol. The van der Waals surface area contributed by atoms with Gasteiger partial charge in [0.25, 0.3) is 0 Å². The molecule has 1 aromatic heterocycles. The molecule has 96 valence electrons. The summed E-state index contributed by atoms with van der Waals surface area (Å²) in [6.07, 6.45) is 3.07. The number of ether oxygens (including phenoxy) is 1. The smallest absolute Gasteiger partial charge is 0.185 e. The number of aliphatic hydroxyl groups excluding tert-OH is 1. The molecular weight excluding hydrogens is 236 g/mol. The van der Waals surface area contributed by atoms with E-state index in [0.717, 1.165) is 48.2 Å². The van der Waals surface area contributed by atoms with Crippen molar-refractivity contribution >= 4 is 16.5 Å². The van der Waals surface area contributed by atoms with E-state index in [1.165, 1.54) is 0 Å². The summed E-state index contributed by atoms with van der Waals surface area (Å²) in [4.78, 5) is 7.84. The molecular formula is C12H20N2O2S. The largest absolute Gasteiger partial charge is 0.391 e. The number of hydrogen-bond donors (Lipinski definition) is 1. The van der Waals surface area contributed by atoms with Crippen LogP contribution in [0.3, 0.4) is 0 Å². The Bertz CT molecular complexity index is 361. The van der Waals surface area contributed by atoms with Crippen LogP contribution in [0.25, 0.3) is 0 Å². The van der Waals surface area contributed by atoms with E-state index < -0.39 is 0 Å². The summed E-state index contributed by atoms with van der Waals surface area (Å²) in [5.41, 5.74) is 1.06. The van der Waals surface area contributed by atoms with Crippen LogP contribution in [0.4, 0.5) is 5.13 Å². The predicted molar refractivity (Wildman–Crippen MR) is 69.7 cm³/mol. The number of aromatic nitrogens is 1. The summed E-state index contributed by atoms with van der Waals surface area (Å²) in [5.74, 6) is 0. The first-order valence-electron chi connectivity index (χ1n) is 6.16. The summed E-state index contributed by atoms with van der Waals surface area (Å²) >= 11 is 1.60. The highest BCUT2D eigenvalue weighted by atomic mass is 32.1. The van der Waals surface area contributed by atoms with Crippen molar-refractivity contribution in [2.75, 3.05) is 25.2 Å². The minimum atomic E-state index is 0.0992. The van der Waals surface area contributed by atoms with Gasteiger partial charge in [-0.25, -0.2) is 4.98 Å². The van der Waals surface area contributed by atoms with Crippen molar-refractivity contribution in [1.82, 2.24) is 4.98 Å². The summed E-state index contributed by atoms with van der Waals surface area (Å²) in [6, 6.07) is 0.433. The highest BCUT2D eigenvalue weighted by molar-refractivity contribution is 7.15. The number of rotatable bonds is 5. The fourth-order valence-corrected chi connectivity index (χ4v) is 3.06. The standard InChI is InChI=1S/C12H20N2O2S/c1-3-4-10-11(7-15)17-12(13-10)14(2)9-5-6-16-8-9/h9,15H,3-8H2,1-2H3. The van der Waals surface area contributed by atoms with Gasteiger partial charge in [-0.15, -0.1) is 0 Å². The molecule has 0 radical (unpaired) electrons. The van der Waals surface area contributed by atoms with Crippen LogP contribution in [0.15, 0.2) is 0 Å². The van der Waals surface area contributed by atoms with E-state index in [1.807, 2.05) is 0 Å². The molecule has 1 atom stereocenters. The molecule has 0 aliphatic carbocycles. The molecule has 0 spiro atoms. The highest BCUT2D eigenvalue weighted by Gasteiger charge is 2.23. The number of anilines is 1. The van der Waals surface area contributed by atoms with E-state index in [0.29, 0.717) is 6.04 Å². The van der Waals surface area contributed by atoms with E-state index in [1.54, 1.807) is 11.3 Å². The fourth-order valence-electron chi connectivity index (χ4n) is 2.06. The Balaban J connectivity index is 2.14. The Morgan fingerprint density at radius 2 is 2.41 bits per heavy atom. The fraction of sp³-hybridized carbons (Fsp3) is 0.750. The van der Waals surface area contributed by atoms with Crippen molar-refractivity contribution in [3.05, 3.63) is 10.6 Å². The van der Waals surface area contributed by atoms with Gasteiger partial charge in [-0.1, -0.05) is 24.7 Å². The number of nitrogens with zero attached hydrogens (tertiary/aromatic N) is 2. The molecule has 17 heavy (non-hydrogen) atoms. The van der Waals surface area contributed by atoms with Crippen LogP contribution >= 0.6 is 11.3 Å².